The van der Waals surface area contributed by atoms with Gasteiger partial charge in [-0.15, -0.1) is 0 Å². The van der Waals surface area contributed by atoms with Crippen LogP contribution in [0.2, 0.25) is 0 Å². The highest BCUT2D eigenvalue weighted by molar-refractivity contribution is 5.92. The van der Waals surface area contributed by atoms with Crippen molar-refractivity contribution in [2.45, 2.75) is 60.4 Å². The first-order valence-corrected chi connectivity index (χ1v) is 8.72. The molecule has 0 aliphatic rings. The molecular weight excluding hydrogens is 290 g/mol. The van der Waals surface area contributed by atoms with Gasteiger partial charge in [0.1, 0.15) is 5.69 Å². The summed E-state index contributed by atoms with van der Waals surface area (Å²) in [5, 5.41) is 4.25. The Morgan fingerprint density at radius 3 is 2.17 bits per heavy atom. The minimum Gasteiger partial charge on any atom is -0.337 e. The Kier molecular flexibility index (Phi) is 8.00. The Hall–Kier alpha value is -1.65. The van der Waals surface area contributed by atoms with E-state index in [4.69, 9.17) is 0 Å². The third-order valence-corrected chi connectivity index (χ3v) is 3.76. The molecule has 1 aromatic rings. The van der Waals surface area contributed by atoms with Crippen LogP contribution in [0.4, 0.5) is 0 Å². The van der Waals surface area contributed by atoms with E-state index in [1.165, 1.54) is 10.7 Å². The molecular formula is C18H31N3O2. The molecule has 0 bridgehead atoms. The van der Waals surface area contributed by atoms with Crippen molar-refractivity contribution in [1.29, 1.82) is 0 Å². The highest BCUT2D eigenvalue weighted by Crippen LogP contribution is 2.09. The predicted octanol–water partition coefficient (Wildman–Crippen LogP) is 3.19. The van der Waals surface area contributed by atoms with Crippen molar-refractivity contribution in [1.82, 2.24) is 14.7 Å². The lowest BCUT2D eigenvalue weighted by atomic mass is 10.1. The zero-order valence-corrected chi connectivity index (χ0v) is 15.2. The lowest BCUT2D eigenvalue weighted by molar-refractivity contribution is 0.0732. The maximum Gasteiger partial charge on any atom is 0.274 e. The van der Waals surface area contributed by atoms with Crippen molar-refractivity contribution in [3.63, 3.8) is 0 Å². The lowest BCUT2D eigenvalue weighted by Crippen LogP contribution is -2.36. The normalized spacial score (nSPS) is 11.3. The first-order chi connectivity index (χ1) is 10.8. The molecule has 0 aliphatic heterocycles. The van der Waals surface area contributed by atoms with Gasteiger partial charge in [-0.1, -0.05) is 34.6 Å². The van der Waals surface area contributed by atoms with Crippen LogP contribution in [-0.2, 0) is 6.54 Å². The second kappa shape index (κ2) is 9.48. The second-order valence-corrected chi connectivity index (χ2v) is 6.94. The van der Waals surface area contributed by atoms with Crippen LogP contribution in [-0.4, -0.2) is 33.7 Å². The molecule has 0 radical (unpaired) electrons. The molecule has 1 rings (SSSR count). The van der Waals surface area contributed by atoms with Crippen molar-refractivity contribution in [3.05, 3.63) is 28.2 Å². The predicted molar refractivity (Wildman–Crippen MR) is 93.6 cm³/mol. The molecule has 0 unspecified atom stereocenters. The van der Waals surface area contributed by atoms with E-state index >= 15 is 0 Å². The van der Waals surface area contributed by atoms with E-state index in [0.717, 1.165) is 32.4 Å². The molecule has 1 heterocycles. The Morgan fingerprint density at radius 2 is 1.70 bits per heavy atom. The fourth-order valence-electron chi connectivity index (χ4n) is 2.24. The number of nitrogens with zero attached hydrogens (tertiary/aromatic N) is 3. The van der Waals surface area contributed by atoms with E-state index < -0.39 is 0 Å². The number of hydrogen-bond donors (Lipinski definition) is 0. The molecule has 0 fully saturated rings. The molecule has 0 aliphatic carbocycles. The molecule has 23 heavy (non-hydrogen) atoms. The molecule has 0 saturated carbocycles. The summed E-state index contributed by atoms with van der Waals surface area (Å²) in [4.78, 5) is 26.4. The fraction of sp³-hybridized carbons (Fsp3) is 0.722. The summed E-state index contributed by atoms with van der Waals surface area (Å²) >= 11 is 0. The summed E-state index contributed by atoms with van der Waals surface area (Å²) in [7, 11) is 0. The van der Waals surface area contributed by atoms with E-state index in [1.807, 2.05) is 11.8 Å². The standard InChI is InChI=1S/C18H31N3O2/c1-6-11-21-17(22)8-7-16(19-21)18(23)20(12-9-14(2)3)13-10-15(4)5/h7-8,14-15H,6,9-13H2,1-5H3. The van der Waals surface area contributed by atoms with Gasteiger partial charge in [-0.2, -0.15) is 5.10 Å². The van der Waals surface area contributed by atoms with Crippen molar-refractivity contribution in [2.24, 2.45) is 11.8 Å². The van der Waals surface area contributed by atoms with Crippen molar-refractivity contribution < 1.29 is 4.79 Å². The molecule has 0 saturated heterocycles. The highest BCUT2D eigenvalue weighted by Gasteiger charge is 2.18. The van der Waals surface area contributed by atoms with E-state index in [9.17, 15) is 9.59 Å². The summed E-state index contributed by atoms with van der Waals surface area (Å²) in [6.45, 7) is 12.6. The Morgan fingerprint density at radius 1 is 1.13 bits per heavy atom. The van der Waals surface area contributed by atoms with Gasteiger partial charge in [-0.25, -0.2) is 4.68 Å². The average molecular weight is 321 g/mol. The van der Waals surface area contributed by atoms with Gasteiger partial charge in [0, 0.05) is 25.7 Å². The van der Waals surface area contributed by atoms with Crippen LogP contribution in [0.5, 0.6) is 0 Å². The first kappa shape index (κ1) is 19.4. The third kappa shape index (κ3) is 6.55. The van der Waals surface area contributed by atoms with Gasteiger partial charge >= 0.3 is 0 Å². The molecule has 1 amide bonds. The van der Waals surface area contributed by atoms with Crippen molar-refractivity contribution >= 4 is 5.91 Å². The zero-order chi connectivity index (χ0) is 17.4. The topological polar surface area (TPSA) is 55.2 Å². The van der Waals surface area contributed by atoms with Gasteiger partial charge in [-0.3, -0.25) is 9.59 Å². The fourth-order valence-corrected chi connectivity index (χ4v) is 2.24. The summed E-state index contributed by atoms with van der Waals surface area (Å²) in [5.74, 6) is 1.02. The summed E-state index contributed by atoms with van der Waals surface area (Å²) < 4.78 is 1.39. The number of rotatable bonds is 9. The van der Waals surface area contributed by atoms with Gasteiger partial charge < -0.3 is 4.90 Å². The number of carbonyl (C=O) groups excluding carboxylic acids is 1. The molecule has 0 N–H and O–H groups in total. The van der Waals surface area contributed by atoms with Gasteiger partial charge in [-0.05, 0) is 37.2 Å². The summed E-state index contributed by atoms with van der Waals surface area (Å²) in [5.41, 5.74) is 0.213. The number of aryl methyl sites for hydroxylation is 1. The minimum atomic E-state index is -0.153. The van der Waals surface area contributed by atoms with E-state index in [0.29, 0.717) is 24.1 Å². The molecule has 5 heteroatoms. The number of aromatic nitrogens is 2. The smallest absolute Gasteiger partial charge is 0.274 e. The van der Waals surface area contributed by atoms with Crippen LogP contribution in [0, 0.1) is 11.8 Å². The van der Waals surface area contributed by atoms with Crippen molar-refractivity contribution in [2.75, 3.05) is 13.1 Å². The average Bonchev–Trinajstić information content (AvgIpc) is 2.48. The molecule has 5 nitrogen and oxygen atoms in total. The van der Waals surface area contributed by atoms with Crippen LogP contribution in [0.25, 0.3) is 0 Å². The zero-order valence-electron chi connectivity index (χ0n) is 15.2. The van der Waals surface area contributed by atoms with Gasteiger partial charge in [0.25, 0.3) is 11.5 Å². The maximum absolute atomic E-state index is 12.8. The largest absolute Gasteiger partial charge is 0.337 e. The van der Waals surface area contributed by atoms with Crippen molar-refractivity contribution in [3.8, 4) is 0 Å². The van der Waals surface area contributed by atoms with Crippen LogP contribution in [0.15, 0.2) is 16.9 Å². The maximum atomic E-state index is 12.8. The lowest BCUT2D eigenvalue weighted by Gasteiger charge is -2.24. The molecule has 0 atom stereocenters. The minimum absolute atomic E-state index is 0.0730. The van der Waals surface area contributed by atoms with E-state index in [1.54, 1.807) is 6.07 Å². The van der Waals surface area contributed by atoms with E-state index in [2.05, 4.69) is 32.8 Å². The number of amides is 1. The van der Waals surface area contributed by atoms with Crippen LogP contribution < -0.4 is 5.56 Å². The Bertz CT molecular complexity index is 537. The van der Waals surface area contributed by atoms with E-state index in [-0.39, 0.29) is 11.5 Å². The molecule has 130 valence electrons. The number of hydrogen-bond acceptors (Lipinski definition) is 3. The SMILES string of the molecule is CCCn1nc(C(=O)N(CCC(C)C)CCC(C)C)ccc1=O. The summed E-state index contributed by atoms with van der Waals surface area (Å²) in [6.07, 6.45) is 2.76. The third-order valence-electron chi connectivity index (χ3n) is 3.76. The quantitative estimate of drug-likeness (QED) is 0.702. The molecule has 0 spiro atoms. The first-order valence-electron chi connectivity index (χ1n) is 8.72. The highest BCUT2D eigenvalue weighted by atomic mass is 16.2. The molecule has 0 aromatic carbocycles. The second-order valence-electron chi connectivity index (χ2n) is 6.94. The van der Waals surface area contributed by atoms with Gasteiger partial charge in [0.05, 0.1) is 0 Å². The Labute approximate surface area is 139 Å². The van der Waals surface area contributed by atoms with Crippen LogP contribution >= 0.6 is 0 Å². The summed E-state index contributed by atoms with van der Waals surface area (Å²) in [6, 6.07) is 2.99. The van der Waals surface area contributed by atoms with Crippen LogP contribution in [0.1, 0.15) is 64.4 Å². The number of carbonyl (C=O) groups is 1. The van der Waals surface area contributed by atoms with Gasteiger partial charge in [0.2, 0.25) is 0 Å². The Balaban J connectivity index is 2.93. The van der Waals surface area contributed by atoms with Gasteiger partial charge in [0.15, 0.2) is 0 Å². The van der Waals surface area contributed by atoms with Crippen LogP contribution in [0.3, 0.4) is 0 Å². The molecule has 1 aromatic heterocycles. The monoisotopic (exact) mass is 321 g/mol.